The van der Waals surface area contributed by atoms with Gasteiger partial charge in [0.2, 0.25) is 0 Å². The third-order valence-electron chi connectivity index (χ3n) is 3.23. The van der Waals surface area contributed by atoms with Gasteiger partial charge in [-0.05, 0) is 18.6 Å². The third-order valence-corrected chi connectivity index (χ3v) is 3.23. The van der Waals surface area contributed by atoms with Crippen molar-refractivity contribution < 1.29 is 4.79 Å². The lowest BCUT2D eigenvalue weighted by Crippen LogP contribution is -2.49. The van der Waals surface area contributed by atoms with E-state index in [4.69, 9.17) is 5.73 Å². The van der Waals surface area contributed by atoms with Gasteiger partial charge >= 0.3 is 0 Å². The Kier molecular flexibility index (Phi) is 4.28. The van der Waals surface area contributed by atoms with Crippen molar-refractivity contribution in [2.24, 2.45) is 5.73 Å². The molecule has 2 heterocycles. The number of nitrogens with two attached hydrogens (primary N) is 1. The van der Waals surface area contributed by atoms with E-state index in [1.807, 2.05) is 17.9 Å². The van der Waals surface area contributed by atoms with E-state index in [0.717, 1.165) is 38.3 Å². The summed E-state index contributed by atoms with van der Waals surface area (Å²) in [4.78, 5) is 20.5. The van der Waals surface area contributed by atoms with Crippen LogP contribution in [0, 0.1) is 6.92 Å². The summed E-state index contributed by atoms with van der Waals surface area (Å²) < 4.78 is 0. The second-order valence-corrected chi connectivity index (χ2v) is 4.67. The van der Waals surface area contributed by atoms with Crippen LogP contribution >= 0.6 is 0 Å². The molecule has 5 heteroatoms. The number of hydrogen-bond donors (Lipinski definition) is 1. The summed E-state index contributed by atoms with van der Waals surface area (Å²) in [5.74, 6) is 0.0820. The van der Waals surface area contributed by atoms with Crippen LogP contribution < -0.4 is 5.73 Å². The fraction of sp³-hybridized carbons (Fsp3) is 0.538. The van der Waals surface area contributed by atoms with Gasteiger partial charge in [-0.1, -0.05) is 0 Å². The predicted molar refractivity (Wildman–Crippen MR) is 70.4 cm³/mol. The fourth-order valence-electron chi connectivity index (χ4n) is 2.21. The summed E-state index contributed by atoms with van der Waals surface area (Å²) in [6.45, 7) is 6.89. The minimum absolute atomic E-state index is 0.0820. The predicted octanol–water partition coefficient (Wildman–Crippen LogP) is 0.107. The Bertz CT molecular complexity index is 413. The van der Waals surface area contributed by atoms with E-state index in [2.05, 4.69) is 9.88 Å². The van der Waals surface area contributed by atoms with Crippen molar-refractivity contribution in [2.75, 3.05) is 39.3 Å². The van der Waals surface area contributed by atoms with Crippen LogP contribution in [0.4, 0.5) is 0 Å². The largest absolute Gasteiger partial charge is 0.336 e. The number of amides is 1. The van der Waals surface area contributed by atoms with Gasteiger partial charge < -0.3 is 10.6 Å². The lowest BCUT2D eigenvalue weighted by Gasteiger charge is -2.34. The molecule has 1 amide bonds. The highest BCUT2D eigenvalue weighted by atomic mass is 16.2. The molecule has 0 aliphatic carbocycles. The molecule has 0 radical (unpaired) electrons. The highest BCUT2D eigenvalue weighted by Crippen LogP contribution is 2.09. The van der Waals surface area contributed by atoms with E-state index in [-0.39, 0.29) is 5.91 Å². The van der Waals surface area contributed by atoms with E-state index in [9.17, 15) is 4.79 Å². The molecule has 1 aliphatic rings. The molecule has 5 nitrogen and oxygen atoms in total. The first-order valence-corrected chi connectivity index (χ1v) is 6.34. The van der Waals surface area contributed by atoms with E-state index in [1.165, 1.54) is 0 Å². The molecule has 0 unspecified atom stereocenters. The molecule has 2 N–H and O–H groups in total. The third kappa shape index (κ3) is 3.05. The summed E-state index contributed by atoms with van der Waals surface area (Å²) in [5, 5.41) is 0. The first-order chi connectivity index (χ1) is 8.70. The molecule has 0 spiro atoms. The zero-order chi connectivity index (χ0) is 13.0. The lowest BCUT2D eigenvalue weighted by molar-refractivity contribution is 0.0640. The molecule has 1 saturated heterocycles. The SMILES string of the molecule is Cc1cncc(C(=O)N2CCN(CCN)CC2)c1. The Hall–Kier alpha value is -1.46. The van der Waals surface area contributed by atoms with Crippen LogP contribution in [0.2, 0.25) is 0 Å². The molecule has 0 bridgehead atoms. The maximum absolute atomic E-state index is 12.3. The molecule has 1 fully saturated rings. The summed E-state index contributed by atoms with van der Waals surface area (Å²) in [7, 11) is 0. The average molecular weight is 248 g/mol. The van der Waals surface area contributed by atoms with Gasteiger partial charge in [0.1, 0.15) is 0 Å². The van der Waals surface area contributed by atoms with Crippen LogP contribution in [0.3, 0.4) is 0 Å². The van der Waals surface area contributed by atoms with Crippen LogP contribution in [-0.2, 0) is 0 Å². The van der Waals surface area contributed by atoms with Crippen LogP contribution in [0.1, 0.15) is 15.9 Å². The molecule has 1 aromatic rings. The normalized spacial score (nSPS) is 16.9. The minimum Gasteiger partial charge on any atom is -0.336 e. The van der Waals surface area contributed by atoms with Crippen LogP contribution in [-0.4, -0.2) is 60.0 Å². The Labute approximate surface area is 108 Å². The highest BCUT2D eigenvalue weighted by Gasteiger charge is 2.21. The summed E-state index contributed by atoms with van der Waals surface area (Å²) in [5.41, 5.74) is 7.23. The number of piperazine rings is 1. The molecule has 98 valence electrons. The number of rotatable bonds is 3. The summed E-state index contributed by atoms with van der Waals surface area (Å²) in [6.07, 6.45) is 3.40. The quantitative estimate of drug-likeness (QED) is 0.824. The Balaban J connectivity index is 1.95. The van der Waals surface area contributed by atoms with Crippen molar-refractivity contribution in [1.82, 2.24) is 14.8 Å². The van der Waals surface area contributed by atoms with Gasteiger partial charge in [-0.2, -0.15) is 0 Å². The van der Waals surface area contributed by atoms with Crippen molar-refractivity contribution in [2.45, 2.75) is 6.92 Å². The Morgan fingerprint density at radius 1 is 1.33 bits per heavy atom. The minimum atomic E-state index is 0.0820. The summed E-state index contributed by atoms with van der Waals surface area (Å²) >= 11 is 0. The van der Waals surface area contributed by atoms with E-state index < -0.39 is 0 Å². The number of carbonyl (C=O) groups excluding carboxylic acids is 1. The topological polar surface area (TPSA) is 62.5 Å². The van der Waals surface area contributed by atoms with Gasteiger partial charge in [0.25, 0.3) is 5.91 Å². The highest BCUT2D eigenvalue weighted by molar-refractivity contribution is 5.94. The maximum Gasteiger partial charge on any atom is 0.255 e. The zero-order valence-corrected chi connectivity index (χ0v) is 10.8. The second-order valence-electron chi connectivity index (χ2n) is 4.67. The molecule has 18 heavy (non-hydrogen) atoms. The number of aryl methyl sites for hydroxylation is 1. The molecular weight excluding hydrogens is 228 g/mol. The van der Waals surface area contributed by atoms with Crippen molar-refractivity contribution in [1.29, 1.82) is 0 Å². The van der Waals surface area contributed by atoms with Crippen molar-refractivity contribution in [3.8, 4) is 0 Å². The number of carbonyl (C=O) groups is 1. The standard InChI is InChI=1S/C13H20N4O/c1-11-8-12(10-15-9-11)13(18)17-6-4-16(3-2-14)5-7-17/h8-10H,2-7,14H2,1H3. The van der Waals surface area contributed by atoms with Crippen molar-refractivity contribution >= 4 is 5.91 Å². The lowest BCUT2D eigenvalue weighted by atomic mass is 10.2. The van der Waals surface area contributed by atoms with Crippen molar-refractivity contribution in [3.05, 3.63) is 29.6 Å². The van der Waals surface area contributed by atoms with Crippen LogP contribution in [0.15, 0.2) is 18.5 Å². The first kappa shape index (κ1) is 13.0. The molecule has 1 aliphatic heterocycles. The molecular formula is C13H20N4O. The molecule has 0 aromatic carbocycles. The van der Waals surface area contributed by atoms with E-state index in [1.54, 1.807) is 12.4 Å². The van der Waals surface area contributed by atoms with Gasteiger partial charge in [-0.15, -0.1) is 0 Å². The first-order valence-electron chi connectivity index (χ1n) is 6.34. The van der Waals surface area contributed by atoms with Gasteiger partial charge in [-0.3, -0.25) is 14.7 Å². The molecule has 0 saturated carbocycles. The molecule has 0 atom stereocenters. The second kappa shape index (κ2) is 5.93. The van der Waals surface area contributed by atoms with Crippen molar-refractivity contribution in [3.63, 3.8) is 0 Å². The van der Waals surface area contributed by atoms with E-state index in [0.29, 0.717) is 12.1 Å². The number of hydrogen-bond acceptors (Lipinski definition) is 4. The fourth-order valence-corrected chi connectivity index (χ4v) is 2.21. The molecule has 2 rings (SSSR count). The van der Waals surface area contributed by atoms with E-state index >= 15 is 0 Å². The molecule has 1 aromatic heterocycles. The van der Waals surface area contributed by atoms with Gasteiger partial charge in [-0.25, -0.2) is 0 Å². The Morgan fingerprint density at radius 2 is 2.06 bits per heavy atom. The van der Waals surface area contributed by atoms with Crippen LogP contribution in [0.25, 0.3) is 0 Å². The smallest absolute Gasteiger partial charge is 0.255 e. The number of nitrogens with zero attached hydrogens (tertiary/aromatic N) is 3. The monoisotopic (exact) mass is 248 g/mol. The average Bonchev–Trinajstić information content (AvgIpc) is 2.39. The number of aromatic nitrogens is 1. The van der Waals surface area contributed by atoms with Gasteiger partial charge in [0, 0.05) is 51.7 Å². The van der Waals surface area contributed by atoms with Gasteiger partial charge in [0.15, 0.2) is 0 Å². The van der Waals surface area contributed by atoms with Gasteiger partial charge in [0.05, 0.1) is 5.56 Å². The maximum atomic E-state index is 12.3. The zero-order valence-electron chi connectivity index (χ0n) is 10.8. The van der Waals surface area contributed by atoms with Crippen LogP contribution in [0.5, 0.6) is 0 Å². The Morgan fingerprint density at radius 3 is 2.67 bits per heavy atom. The number of pyridine rings is 1. The summed E-state index contributed by atoms with van der Waals surface area (Å²) in [6, 6.07) is 1.89.